The van der Waals surface area contributed by atoms with Gasteiger partial charge in [-0.3, -0.25) is 4.79 Å². The third-order valence-electron chi connectivity index (χ3n) is 7.51. The molecule has 1 N–H and O–H groups in total. The van der Waals surface area contributed by atoms with Gasteiger partial charge in [-0.15, -0.1) is 0 Å². The van der Waals surface area contributed by atoms with E-state index in [1.54, 1.807) is 0 Å². The second kappa shape index (κ2) is 7.06. The molecular weight excluding hydrogens is 336 g/mol. The Hall–Kier alpha value is -1.65. The van der Waals surface area contributed by atoms with Gasteiger partial charge >= 0.3 is 0 Å². The number of carbonyl (C=O) groups is 1. The molecule has 27 heavy (non-hydrogen) atoms. The summed E-state index contributed by atoms with van der Waals surface area (Å²) in [7, 11) is 0. The zero-order valence-electron chi connectivity index (χ0n) is 16.3. The molecule has 1 aliphatic heterocycles. The Balaban J connectivity index is 1.18. The smallest absolute Gasteiger partial charge is 0.225 e. The van der Waals surface area contributed by atoms with Crippen molar-refractivity contribution in [1.82, 2.24) is 15.3 Å². The van der Waals surface area contributed by atoms with Gasteiger partial charge in [0.05, 0.1) is 12.2 Å². The number of hydrogen-bond acceptors (Lipinski definition) is 4. The summed E-state index contributed by atoms with van der Waals surface area (Å²) < 4.78 is 0. The van der Waals surface area contributed by atoms with Crippen LogP contribution in [0.5, 0.6) is 0 Å². The summed E-state index contributed by atoms with van der Waals surface area (Å²) in [6.07, 6.45) is 14.5. The molecule has 4 aliphatic carbocycles. The average molecular weight is 369 g/mol. The van der Waals surface area contributed by atoms with Crippen LogP contribution in [-0.2, 0) is 11.3 Å². The van der Waals surface area contributed by atoms with Crippen molar-refractivity contribution in [1.29, 1.82) is 0 Å². The van der Waals surface area contributed by atoms with Gasteiger partial charge in [0.1, 0.15) is 0 Å². The minimum atomic E-state index is 0.218. The molecule has 2 heterocycles. The van der Waals surface area contributed by atoms with Crippen LogP contribution < -0.4 is 10.2 Å². The third-order valence-corrected chi connectivity index (χ3v) is 7.51. The van der Waals surface area contributed by atoms with Gasteiger partial charge in [-0.1, -0.05) is 0 Å². The Morgan fingerprint density at radius 3 is 2.41 bits per heavy atom. The normalized spacial score (nSPS) is 34.7. The van der Waals surface area contributed by atoms with E-state index in [0.29, 0.717) is 12.0 Å². The number of carbonyl (C=O) groups excluding carboxylic acids is 1. The van der Waals surface area contributed by atoms with Crippen LogP contribution in [0.1, 0.15) is 69.9 Å². The predicted octanol–water partition coefficient (Wildman–Crippen LogP) is 3.69. The number of nitrogens with zero attached hydrogens (tertiary/aromatic N) is 3. The number of nitrogens with one attached hydrogen (secondary N) is 1. The summed E-state index contributed by atoms with van der Waals surface area (Å²) in [5.74, 6) is 3.74. The van der Waals surface area contributed by atoms with Crippen molar-refractivity contribution in [2.24, 2.45) is 23.2 Å². The summed E-state index contributed by atoms with van der Waals surface area (Å²) in [6, 6.07) is 1.93. The topological polar surface area (TPSA) is 58.1 Å². The number of piperidine rings is 1. The van der Waals surface area contributed by atoms with Crippen LogP contribution in [0.25, 0.3) is 0 Å². The van der Waals surface area contributed by atoms with Gasteiger partial charge in [-0.05, 0) is 87.0 Å². The number of anilines is 1. The van der Waals surface area contributed by atoms with Crippen molar-refractivity contribution >= 4 is 11.9 Å². The monoisotopic (exact) mass is 368 g/mol. The van der Waals surface area contributed by atoms with Crippen LogP contribution >= 0.6 is 0 Å². The summed E-state index contributed by atoms with van der Waals surface area (Å²) in [5.41, 5.74) is 1.23. The van der Waals surface area contributed by atoms with Gasteiger partial charge in [0, 0.05) is 25.7 Å². The molecule has 0 atom stereocenters. The first-order valence-corrected chi connectivity index (χ1v) is 11.0. The molecule has 146 valence electrons. The Bertz CT molecular complexity index is 662. The molecule has 1 aromatic heterocycles. The van der Waals surface area contributed by atoms with Crippen LogP contribution in [0.3, 0.4) is 0 Å². The van der Waals surface area contributed by atoms with Gasteiger partial charge in [0.15, 0.2) is 0 Å². The minimum absolute atomic E-state index is 0.218. The van der Waals surface area contributed by atoms with Gasteiger partial charge in [0.2, 0.25) is 11.9 Å². The van der Waals surface area contributed by atoms with Crippen molar-refractivity contribution < 1.29 is 4.79 Å². The second-order valence-corrected chi connectivity index (χ2v) is 9.77. The highest BCUT2D eigenvalue weighted by molar-refractivity contribution is 5.76. The lowest BCUT2D eigenvalue weighted by molar-refractivity contribution is -0.129. The van der Waals surface area contributed by atoms with E-state index in [2.05, 4.69) is 15.2 Å². The zero-order valence-corrected chi connectivity index (χ0v) is 16.3. The standard InChI is InChI=1S/C22H32N4O/c27-20(14-22-11-16-8-17(12-22)10-18(9-16)13-22)24-15-19-4-5-23-21(25-19)26-6-2-1-3-7-26/h4-5,16-18H,1-3,6-15H2,(H,24,27). The van der Waals surface area contributed by atoms with Crippen molar-refractivity contribution in [3.05, 3.63) is 18.0 Å². The first-order valence-electron chi connectivity index (χ1n) is 11.0. The lowest BCUT2D eigenvalue weighted by Gasteiger charge is -2.56. The lowest BCUT2D eigenvalue weighted by Crippen LogP contribution is -2.48. The van der Waals surface area contributed by atoms with E-state index < -0.39 is 0 Å². The quantitative estimate of drug-likeness (QED) is 0.861. The molecule has 5 nitrogen and oxygen atoms in total. The van der Waals surface area contributed by atoms with Crippen LogP contribution in [0.15, 0.2) is 12.3 Å². The summed E-state index contributed by atoms with van der Waals surface area (Å²) in [4.78, 5) is 24.1. The van der Waals surface area contributed by atoms with E-state index >= 15 is 0 Å². The van der Waals surface area contributed by atoms with Gasteiger partial charge in [-0.2, -0.15) is 0 Å². The van der Waals surface area contributed by atoms with E-state index in [-0.39, 0.29) is 5.91 Å². The molecule has 5 fully saturated rings. The van der Waals surface area contributed by atoms with Crippen LogP contribution in [0.2, 0.25) is 0 Å². The lowest BCUT2D eigenvalue weighted by atomic mass is 9.49. The molecule has 1 amide bonds. The summed E-state index contributed by atoms with van der Waals surface area (Å²) >= 11 is 0. The molecule has 0 radical (unpaired) electrons. The average Bonchev–Trinajstić information content (AvgIpc) is 2.66. The molecule has 6 rings (SSSR count). The Labute approximate surface area is 162 Å². The number of rotatable bonds is 5. The Kier molecular flexibility index (Phi) is 4.57. The maximum atomic E-state index is 12.7. The van der Waals surface area contributed by atoms with E-state index in [4.69, 9.17) is 4.98 Å². The van der Waals surface area contributed by atoms with E-state index in [1.807, 2.05) is 12.3 Å². The number of hydrogen-bond donors (Lipinski definition) is 1. The van der Waals surface area contributed by atoms with Crippen LogP contribution in [0.4, 0.5) is 5.95 Å². The molecular formula is C22H32N4O. The maximum Gasteiger partial charge on any atom is 0.225 e. The molecule has 5 aliphatic rings. The molecule has 4 bridgehead atoms. The highest BCUT2D eigenvalue weighted by atomic mass is 16.1. The Morgan fingerprint density at radius 2 is 1.74 bits per heavy atom. The van der Waals surface area contributed by atoms with Crippen molar-refractivity contribution in [3.8, 4) is 0 Å². The third kappa shape index (κ3) is 3.70. The second-order valence-electron chi connectivity index (χ2n) is 9.77. The largest absolute Gasteiger partial charge is 0.350 e. The molecule has 0 spiro atoms. The van der Waals surface area contributed by atoms with Crippen molar-refractivity contribution in [2.45, 2.75) is 70.8 Å². The van der Waals surface area contributed by atoms with Crippen molar-refractivity contribution in [2.75, 3.05) is 18.0 Å². The van der Waals surface area contributed by atoms with E-state index in [9.17, 15) is 4.79 Å². The van der Waals surface area contributed by atoms with E-state index in [0.717, 1.165) is 48.9 Å². The molecule has 1 aromatic rings. The SMILES string of the molecule is O=C(CC12CC3CC(CC(C3)C1)C2)NCc1ccnc(N2CCCCC2)n1. The number of amides is 1. The fourth-order valence-corrected chi connectivity index (χ4v) is 6.83. The highest BCUT2D eigenvalue weighted by Gasteiger charge is 2.51. The molecule has 4 saturated carbocycles. The van der Waals surface area contributed by atoms with E-state index in [1.165, 1.54) is 57.8 Å². The first kappa shape index (κ1) is 17.4. The maximum absolute atomic E-state index is 12.7. The molecule has 0 aromatic carbocycles. The fourth-order valence-electron chi connectivity index (χ4n) is 6.83. The summed E-state index contributed by atoms with van der Waals surface area (Å²) in [5, 5.41) is 3.16. The molecule has 5 heteroatoms. The zero-order chi connectivity index (χ0) is 18.3. The summed E-state index contributed by atoms with van der Waals surface area (Å²) in [6.45, 7) is 2.61. The predicted molar refractivity (Wildman–Crippen MR) is 105 cm³/mol. The van der Waals surface area contributed by atoms with Gasteiger partial charge < -0.3 is 10.2 Å². The molecule has 0 unspecified atom stereocenters. The first-order chi connectivity index (χ1) is 13.2. The number of aromatic nitrogens is 2. The van der Waals surface area contributed by atoms with Gasteiger partial charge in [0.25, 0.3) is 0 Å². The van der Waals surface area contributed by atoms with Crippen LogP contribution in [0, 0.1) is 23.2 Å². The van der Waals surface area contributed by atoms with Crippen molar-refractivity contribution in [3.63, 3.8) is 0 Å². The minimum Gasteiger partial charge on any atom is -0.350 e. The van der Waals surface area contributed by atoms with Gasteiger partial charge in [-0.25, -0.2) is 9.97 Å². The highest BCUT2D eigenvalue weighted by Crippen LogP contribution is 2.61. The Morgan fingerprint density at radius 1 is 1.07 bits per heavy atom. The van der Waals surface area contributed by atoms with Crippen LogP contribution in [-0.4, -0.2) is 29.0 Å². The fraction of sp³-hybridized carbons (Fsp3) is 0.773. The molecule has 1 saturated heterocycles.